The van der Waals surface area contributed by atoms with Crippen molar-refractivity contribution in [1.29, 1.82) is 0 Å². The molecule has 0 spiro atoms. The van der Waals surface area contributed by atoms with E-state index in [4.69, 9.17) is 39.5 Å². The highest BCUT2D eigenvalue weighted by Crippen LogP contribution is 2.35. The van der Waals surface area contributed by atoms with Gasteiger partial charge < -0.3 is 9.84 Å². The number of halogens is 3. The fraction of sp³-hybridized carbons (Fsp3) is 0.500. The van der Waals surface area contributed by atoms with Gasteiger partial charge in [-0.3, -0.25) is 4.90 Å². The maximum atomic E-state index is 12.2. The summed E-state index contributed by atoms with van der Waals surface area (Å²) in [4.78, 5) is 14.5. The standard InChI is InChI=1S/C18H18Cl3NO3/c19-18(20,21)12-25-16(23)15-4-2-1-3-13(15)5-8-17(24)11-22-9-6-14(17)7-10-22/h1-4,14,24H,6-7,9-12H2. The molecule has 1 aromatic carbocycles. The highest BCUT2D eigenvalue weighted by atomic mass is 35.6. The maximum absolute atomic E-state index is 12.2. The highest BCUT2D eigenvalue weighted by Gasteiger charge is 2.44. The number of aliphatic hydroxyl groups is 1. The first-order valence-corrected chi connectivity index (χ1v) is 9.21. The van der Waals surface area contributed by atoms with Gasteiger partial charge in [0.15, 0.2) is 0 Å². The van der Waals surface area contributed by atoms with E-state index in [0.29, 0.717) is 12.1 Å². The Morgan fingerprint density at radius 1 is 1.32 bits per heavy atom. The number of carbonyl (C=O) groups excluding carboxylic acids is 1. The lowest BCUT2D eigenvalue weighted by molar-refractivity contribution is -0.0713. The molecule has 3 aliphatic rings. The Bertz CT molecular complexity index is 714. The van der Waals surface area contributed by atoms with Gasteiger partial charge in [-0.2, -0.15) is 0 Å². The van der Waals surface area contributed by atoms with Crippen LogP contribution in [0, 0.1) is 17.8 Å². The van der Waals surface area contributed by atoms with Crippen LogP contribution in [0.15, 0.2) is 24.3 Å². The molecule has 1 atom stereocenters. The molecule has 7 heteroatoms. The second-order valence-electron chi connectivity index (χ2n) is 6.46. The van der Waals surface area contributed by atoms with Crippen LogP contribution in [0.2, 0.25) is 0 Å². The van der Waals surface area contributed by atoms with Crippen molar-refractivity contribution in [2.45, 2.75) is 22.2 Å². The summed E-state index contributed by atoms with van der Waals surface area (Å²) in [5, 5.41) is 10.9. The fourth-order valence-electron chi connectivity index (χ4n) is 3.35. The molecule has 0 amide bonds. The number of fused-ring (bicyclic) bond motifs is 3. The van der Waals surface area contributed by atoms with Crippen molar-refractivity contribution in [1.82, 2.24) is 4.90 Å². The second-order valence-corrected chi connectivity index (χ2v) is 8.98. The van der Waals surface area contributed by atoms with Crippen LogP contribution in [0.3, 0.4) is 0 Å². The van der Waals surface area contributed by atoms with Crippen molar-refractivity contribution in [3.63, 3.8) is 0 Å². The lowest BCUT2D eigenvalue weighted by Gasteiger charge is -2.47. The minimum Gasteiger partial charge on any atom is -0.458 e. The van der Waals surface area contributed by atoms with Gasteiger partial charge in [-0.05, 0) is 38.1 Å². The summed E-state index contributed by atoms with van der Waals surface area (Å²) in [5.74, 6) is 5.51. The average Bonchev–Trinajstić information content (AvgIpc) is 2.58. The van der Waals surface area contributed by atoms with E-state index in [1.165, 1.54) is 0 Å². The van der Waals surface area contributed by atoms with Gasteiger partial charge in [-0.1, -0.05) is 58.8 Å². The van der Waals surface area contributed by atoms with E-state index in [0.717, 1.165) is 25.9 Å². The minimum absolute atomic E-state index is 0.175. The molecule has 2 bridgehead atoms. The molecular formula is C18H18Cl3NO3. The Morgan fingerprint density at radius 2 is 2.00 bits per heavy atom. The van der Waals surface area contributed by atoms with Crippen LogP contribution in [0.5, 0.6) is 0 Å². The zero-order chi connectivity index (χ0) is 18.1. The lowest BCUT2D eigenvalue weighted by Crippen LogP contribution is -2.58. The predicted molar refractivity (Wildman–Crippen MR) is 98.0 cm³/mol. The van der Waals surface area contributed by atoms with E-state index >= 15 is 0 Å². The average molecular weight is 403 g/mol. The molecular weight excluding hydrogens is 385 g/mol. The number of piperidine rings is 3. The molecule has 1 unspecified atom stereocenters. The SMILES string of the molecule is O=C(OCC(Cl)(Cl)Cl)c1ccccc1C#CC1(O)CN2CCC1CC2. The van der Waals surface area contributed by atoms with Crippen molar-refractivity contribution in [2.24, 2.45) is 5.92 Å². The van der Waals surface area contributed by atoms with Gasteiger partial charge in [0.1, 0.15) is 12.2 Å². The summed E-state index contributed by atoms with van der Waals surface area (Å²) in [6.45, 7) is 2.22. The topological polar surface area (TPSA) is 49.8 Å². The van der Waals surface area contributed by atoms with Gasteiger partial charge in [-0.15, -0.1) is 0 Å². The normalized spacial score (nSPS) is 28.2. The van der Waals surface area contributed by atoms with Gasteiger partial charge in [0.25, 0.3) is 0 Å². The third kappa shape index (κ3) is 4.61. The maximum Gasteiger partial charge on any atom is 0.339 e. The molecule has 3 aliphatic heterocycles. The number of carbonyl (C=O) groups is 1. The molecule has 1 N–H and O–H groups in total. The van der Waals surface area contributed by atoms with E-state index in [2.05, 4.69) is 16.7 Å². The quantitative estimate of drug-likeness (QED) is 0.469. The van der Waals surface area contributed by atoms with E-state index in [-0.39, 0.29) is 18.1 Å². The third-order valence-electron chi connectivity index (χ3n) is 4.66. The number of alkyl halides is 3. The van der Waals surface area contributed by atoms with E-state index in [1.807, 2.05) is 0 Å². The number of hydrogen-bond donors (Lipinski definition) is 1. The first-order chi connectivity index (χ1) is 11.8. The molecule has 4 rings (SSSR count). The number of ether oxygens (including phenoxy) is 1. The molecule has 4 nitrogen and oxygen atoms in total. The Kier molecular flexibility index (Phi) is 5.53. The molecule has 134 valence electrons. The van der Waals surface area contributed by atoms with Crippen molar-refractivity contribution in [2.75, 3.05) is 26.2 Å². The number of esters is 1. The van der Waals surface area contributed by atoms with Crippen molar-refractivity contribution >= 4 is 40.8 Å². The summed E-state index contributed by atoms with van der Waals surface area (Å²) in [6, 6.07) is 6.80. The Labute approximate surface area is 162 Å². The minimum atomic E-state index is -1.67. The molecule has 0 aromatic heterocycles. The summed E-state index contributed by atoms with van der Waals surface area (Å²) in [7, 11) is 0. The zero-order valence-corrected chi connectivity index (χ0v) is 15.7. The van der Waals surface area contributed by atoms with Gasteiger partial charge >= 0.3 is 5.97 Å². The Hall–Kier alpha value is -0.960. The lowest BCUT2D eigenvalue weighted by atomic mass is 9.75. The van der Waals surface area contributed by atoms with E-state index in [9.17, 15) is 9.90 Å². The van der Waals surface area contributed by atoms with Gasteiger partial charge in [0.05, 0.1) is 5.56 Å². The van der Waals surface area contributed by atoms with Crippen molar-refractivity contribution in [3.8, 4) is 11.8 Å². The smallest absolute Gasteiger partial charge is 0.339 e. The number of rotatable bonds is 2. The zero-order valence-electron chi connectivity index (χ0n) is 13.5. The first kappa shape index (κ1) is 18.8. The molecule has 0 saturated carbocycles. The fourth-order valence-corrected chi connectivity index (χ4v) is 3.51. The van der Waals surface area contributed by atoms with Crippen LogP contribution in [-0.2, 0) is 4.74 Å². The second kappa shape index (κ2) is 7.34. The monoisotopic (exact) mass is 401 g/mol. The first-order valence-electron chi connectivity index (χ1n) is 8.08. The van der Waals surface area contributed by atoms with Gasteiger partial charge in [-0.25, -0.2) is 4.79 Å². The van der Waals surface area contributed by atoms with Crippen LogP contribution >= 0.6 is 34.8 Å². The number of hydrogen-bond acceptors (Lipinski definition) is 4. The van der Waals surface area contributed by atoms with Crippen LogP contribution in [0.1, 0.15) is 28.8 Å². The summed E-state index contributed by atoms with van der Waals surface area (Å²) in [6.07, 6.45) is 1.89. The molecule has 3 saturated heterocycles. The molecule has 3 fully saturated rings. The van der Waals surface area contributed by atoms with Crippen LogP contribution < -0.4 is 0 Å². The van der Waals surface area contributed by atoms with Crippen LogP contribution in [-0.4, -0.2) is 51.6 Å². The molecule has 1 aromatic rings. The largest absolute Gasteiger partial charge is 0.458 e. The third-order valence-corrected chi connectivity index (χ3v) is 4.98. The van der Waals surface area contributed by atoms with E-state index in [1.54, 1.807) is 24.3 Å². The summed E-state index contributed by atoms with van der Waals surface area (Å²) < 4.78 is 3.36. The van der Waals surface area contributed by atoms with E-state index < -0.39 is 15.4 Å². The molecule has 3 heterocycles. The predicted octanol–water partition coefficient (Wildman–Crippen LogP) is 3.02. The highest BCUT2D eigenvalue weighted by molar-refractivity contribution is 6.67. The number of benzene rings is 1. The Morgan fingerprint density at radius 3 is 2.60 bits per heavy atom. The number of nitrogens with zero attached hydrogens (tertiary/aromatic N) is 1. The molecule has 0 radical (unpaired) electrons. The molecule has 25 heavy (non-hydrogen) atoms. The van der Waals surface area contributed by atoms with Crippen molar-refractivity contribution < 1.29 is 14.6 Å². The van der Waals surface area contributed by atoms with Gasteiger partial charge in [0.2, 0.25) is 3.79 Å². The summed E-state index contributed by atoms with van der Waals surface area (Å²) >= 11 is 16.8. The summed E-state index contributed by atoms with van der Waals surface area (Å²) in [5.41, 5.74) is -0.263. The van der Waals surface area contributed by atoms with Crippen molar-refractivity contribution in [3.05, 3.63) is 35.4 Å². The van der Waals surface area contributed by atoms with Crippen LogP contribution in [0.25, 0.3) is 0 Å². The van der Waals surface area contributed by atoms with Gasteiger partial charge in [0, 0.05) is 18.0 Å². The van der Waals surface area contributed by atoms with Crippen LogP contribution in [0.4, 0.5) is 0 Å². The molecule has 0 aliphatic carbocycles. The Balaban J connectivity index is 1.79.